The van der Waals surface area contributed by atoms with E-state index in [2.05, 4.69) is 9.97 Å². The molecule has 0 unspecified atom stereocenters. The molecule has 2 aromatic rings. The summed E-state index contributed by atoms with van der Waals surface area (Å²) in [6, 6.07) is 1.59. The number of aliphatic carboxylic acids is 1. The zero-order valence-electron chi connectivity index (χ0n) is 9.47. The number of rotatable bonds is 5. The molecule has 0 radical (unpaired) electrons. The highest BCUT2D eigenvalue weighted by molar-refractivity contribution is 8.00. The third-order valence-electron chi connectivity index (χ3n) is 2.11. The van der Waals surface area contributed by atoms with Gasteiger partial charge in [0, 0.05) is 22.4 Å². The van der Waals surface area contributed by atoms with Crippen LogP contribution in [0.3, 0.4) is 0 Å². The van der Waals surface area contributed by atoms with Gasteiger partial charge in [0.1, 0.15) is 9.49 Å². The standard InChI is InChI=1S/C11H8Cl2N2O2S2/c12-8-2-9(13)14-3-6(8)4-18-11-15-7(5-19-11)1-10(16)17/h2-3,5H,1,4H2,(H,16,17). The minimum Gasteiger partial charge on any atom is -0.481 e. The highest BCUT2D eigenvalue weighted by Crippen LogP contribution is 2.29. The molecule has 0 saturated heterocycles. The first-order valence-electron chi connectivity index (χ1n) is 5.13. The Balaban J connectivity index is 1.98. The van der Waals surface area contributed by atoms with E-state index < -0.39 is 5.97 Å². The summed E-state index contributed by atoms with van der Waals surface area (Å²) in [5.74, 6) is -0.268. The number of carboxylic acids is 1. The summed E-state index contributed by atoms with van der Waals surface area (Å²) in [4.78, 5) is 18.7. The van der Waals surface area contributed by atoms with Crippen molar-refractivity contribution in [3.8, 4) is 0 Å². The summed E-state index contributed by atoms with van der Waals surface area (Å²) in [5.41, 5.74) is 1.44. The average molecular weight is 335 g/mol. The molecule has 1 N–H and O–H groups in total. The SMILES string of the molecule is O=C(O)Cc1csc(SCc2cnc(Cl)cc2Cl)n1. The molecule has 2 rings (SSSR count). The molecule has 0 saturated carbocycles. The van der Waals surface area contributed by atoms with Gasteiger partial charge in [-0.2, -0.15) is 0 Å². The predicted molar refractivity (Wildman–Crippen MR) is 77.3 cm³/mol. The molecule has 0 spiro atoms. The fraction of sp³-hybridized carbons (Fsp3) is 0.182. The van der Waals surface area contributed by atoms with Crippen LogP contribution in [0.2, 0.25) is 10.2 Å². The Kier molecular flexibility index (Phi) is 5.04. The summed E-state index contributed by atoms with van der Waals surface area (Å²) in [5, 5.41) is 11.3. The molecule has 2 heterocycles. The van der Waals surface area contributed by atoms with Gasteiger partial charge in [-0.05, 0) is 11.6 Å². The van der Waals surface area contributed by atoms with Crippen LogP contribution < -0.4 is 0 Å². The average Bonchev–Trinajstić information content (AvgIpc) is 2.74. The van der Waals surface area contributed by atoms with E-state index in [1.807, 2.05) is 0 Å². The Morgan fingerprint density at radius 2 is 2.26 bits per heavy atom. The van der Waals surface area contributed by atoms with Crippen LogP contribution in [0.4, 0.5) is 0 Å². The molecule has 8 heteroatoms. The molecule has 2 aromatic heterocycles. The lowest BCUT2D eigenvalue weighted by atomic mass is 10.3. The fourth-order valence-corrected chi connectivity index (χ4v) is 3.61. The first-order chi connectivity index (χ1) is 9.04. The summed E-state index contributed by atoms with van der Waals surface area (Å²) < 4.78 is 0.808. The Morgan fingerprint density at radius 1 is 1.47 bits per heavy atom. The Labute approximate surface area is 127 Å². The number of pyridine rings is 1. The van der Waals surface area contributed by atoms with E-state index in [0.29, 0.717) is 21.6 Å². The zero-order valence-corrected chi connectivity index (χ0v) is 12.6. The minimum atomic E-state index is -0.883. The normalized spacial score (nSPS) is 10.6. The van der Waals surface area contributed by atoms with Gasteiger partial charge in [-0.25, -0.2) is 9.97 Å². The van der Waals surface area contributed by atoms with Crippen LogP contribution in [-0.4, -0.2) is 21.0 Å². The third-order valence-corrected chi connectivity index (χ3v) is 4.79. The first-order valence-corrected chi connectivity index (χ1v) is 7.75. The number of hydrogen-bond acceptors (Lipinski definition) is 5. The van der Waals surface area contributed by atoms with Gasteiger partial charge in [0.15, 0.2) is 0 Å². The lowest BCUT2D eigenvalue weighted by Crippen LogP contribution is -1.99. The molecular formula is C11H8Cl2N2O2S2. The molecule has 0 atom stereocenters. The van der Waals surface area contributed by atoms with Crippen LogP contribution in [0, 0.1) is 0 Å². The van der Waals surface area contributed by atoms with E-state index in [4.69, 9.17) is 28.3 Å². The van der Waals surface area contributed by atoms with Gasteiger partial charge in [0.25, 0.3) is 0 Å². The maximum atomic E-state index is 10.6. The summed E-state index contributed by atoms with van der Waals surface area (Å²) in [6.45, 7) is 0. The number of carbonyl (C=O) groups is 1. The van der Waals surface area contributed by atoms with E-state index in [0.717, 1.165) is 9.90 Å². The maximum Gasteiger partial charge on any atom is 0.309 e. The van der Waals surface area contributed by atoms with E-state index in [-0.39, 0.29) is 6.42 Å². The largest absolute Gasteiger partial charge is 0.481 e. The second-order valence-electron chi connectivity index (χ2n) is 3.56. The molecule has 0 aromatic carbocycles. The molecule has 0 aliphatic carbocycles. The van der Waals surface area contributed by atoms with Crippen LogP contribution in [0.1, 0.15) is 11.3 Å². The van der Waals surface area contributed by atoms with Crippen molar-refractivity contribution in [2.75, 3.05) is 0 Å². The highest BCUT2D eigenvalue weighted by atomic mass is 35.5. The van der Waals surface area contributed by atoms with Gasteiger partial charge in [-0.15, -0.1) is 11.3 Å². The van der Waals surface area contributed by atoms with Crippen molar-refractivity contribution in [2.45, 2.75) is 16.5 Å². The van der Waals surface area contributed by atoms with Crippen molar-refractivity contribution in [3.05, 3.63) is 39.1 Å². The van der Waals surface area contributed by atoms with Crippen molar-refractivity contribution in [1.82, 2.24) is 9.97 Å². The van der Waals surface area contributed by atoms with Crippen LogP contribution >= 0.6 is 46.3 Å². The molecule has 100 valence electrons. The number of halogens is 2. The molecule has 0 amide bonds. The van der Waals surface area contributed by atoms with Crippen LogP contribution in [0.25, 0.3) is 0 Å². The van der Waals surface area contributed by atoms with Gasteiger partial charge in [-0.1, -0.05) is 35.0 Å². The molecule has 0 aliphatic heterocycles. The quantitative estimate of drug-likeness (QED) is 0.666. The summed E-state index contributed by atoms with van der Waals surface area (Å²) in [6.07, 6.45) is 1.57. The number of nitrogens with zero attached hydrogens (tertiary/aromatic N) is 2. The van der Waals surface area contributed by atoms with Crippen molar-refractivity contribution >= 4 is 52.3 Å². The van der Waals surface area contributed by atoms with E-state index in [9.17, 15) is 4.79 Å². The van der Waals surface area contributed by atoms with Crippen LogP contribution in [-0.2, 0) is 17.0 Å². The van der Waals surface area contributed by atoms with E-state index >= 15 is 0 Å². The molecular weight excluding hydrogens is 327 g/mol. The molecule has 0 fully saturated rings. The van der Waals surface area contributed by atoms with Gasteiger partial charge >= 0.3 is 5.97 Å². The fourth-order valence-electron chi connectivity index (χ4n) is 1.27. The maximum absolute atomic E-state index is 10.6. The van der Waals surface area contributed by atoms with Crippen LogP contribution in [0.15, 0.2) is 22.0 Å². The molecule has 0 bridgehead atoms. The third kappa shape index (κ3) is 4.35. The van der Waals surface area contributed by atoms with Gasteiger partial charge in [0.2, 0.25) is 0 Å². The summed E-state index contributed by atoms with van der Waals surface area (Å²) in [7, 11) is 0. The van der Waals surface area contributed by atoms with Crippen LogP contribution in [0.5, 0.6) is 0 Å². The second-order valence-corrected chi connectivity index (χ2v) is 6.44. The van der Waals surface area contributed by atoms with Crippen molar-refractivity contribution in [2.24, 2.45) is 0 Å². The monoisotopic (exact) mass is 334 g/mol. The topological polar surface area (TPSA) is 63.1 Å². The minimum absolute atomic E-state index is 0.0552. The first kappa shape index (κ1) is 14.6. The van der Waals surface area contributed by atoms with Crippen molar-refractivity contribution in [1.29, 1.82) is 0 Å². The zero-order chi connectivity index (χ0) is 13.8. The number of aromatic nitrogens is 2. The molecule has 19 heavy (non-hydrogen) atoms. The summed E-state index contributed by atoms with van der Waals surface area (Å²) >= 11 is 14.7. The Morgan fingerprint density at radius 3 is 2.95 bits per heavy atom. The smallest absolute Gasteiger partial charge is 0.309 e. The van der Waals surface area contributed by atoms with E-state index in [1.54, 1.807) is 17.6 Å². The van der Waals surface area contributed by atoms with Crippen molar-refractivity contribution in [3.63, 3.8) is 0 Å². The second kappa shape index (κ2) is 6.56. The molecule has 0 aliphatic rings. The Hall–Kier alpha value is -0.820. The number of hydrogen-bond donors (Lipinski definition) is 1. The number of thioether (sulfide) groups is 1. The molecule has 4 nitrogen and oxygen atoms in total. The van der Waals surface area contributed by atoms with Gasteiger partial charge in [-0.3, -0.25) is 4.79 Å². The van der Waals surface area contributed by atoms with Gasteiger partial charge < -0.3 is 5.11 Å². The van der Waals surface area contributed by atoms with Gasteiger partial charge in [0.05, 0.1) is 12.1 Å². The Bertz CT molecular complexity index is 604. The lowest BCUT2D eigenvalue weighted by molar-refractivity contribution is -0.136. The van der Waals surface area contributed by atoms with Crippen molar-refractivity contribution < 1.29 is 9.90 Å². The highest BCUT2D eigenvalue weighted by Gasteiger charge is 2.08. The lowest BCUT2D eigenvalue weighted by Gasteiger charge is -2.01. The predicted octanol–water partition coefficient (Wildman–Crippen LogP) is 3.76. The number of carboxylic acid groups (broad SMARTS) is 1. The number of thiazole rings is 1. The van der Waals surface area contributed by atoms with E-state index in [1.165, 1.54) is 23.1 Å².